The molecule has 4 heteroatoms. The molecule has 1 atom stereocenters. The van der Waals surface area contributed by atoms with Crippen LogP contribution in [-0.4, -0.2) is 28.0 Å². The number of nitrogens with one attached hydrogen (secondary N) is 1. The van der Waals surface area contributed by atoms with E-state index in [1.54, 1.807) is 0 Å². The summed E-state index contributed by atoms with van der Waals surface area (Å²) in [5, 5.41) is 3.28. The van der Waals surface area contributed by atoms with Crippen molar-refractivity contribution in [1.82, 2.24) is 9.97 Å². The fourth-order valence-corrected chi connectivity index (χ4v) is 1.89. The molecule has 78 valence electrons. The summed E-state index contributed by atoms with van der Waals surface area (Å²) in [6.07, 6.45) is 2.10. The third kappa shape index (κ3) is 3.54. The number of anilines is 1. The molecule has 0 saturated heterocycles. The molecule has 0 bridgehead atoms. The van der Waals surface area contributed by atoms with Gasteiger partial charge in [0, 0.05) is 23.2 Å². The van der Waals surface area contributed by atoms with E-state index in [4.69, 9.17) is 0 Å². The Balaban J connectivity index is 2.66. The van der Waals surface area contributed by atoms with Gasteiger partial charge in [-0.05, 0) is 33.1 Å². The molecule has 1 N–H and O–H groups in total. The van der Waals surface area contributed by atoms with Crippen LogP contribution in [0.5, 0.6) is 0 Å². The maximum atomic E-state index is 4.32. The zero-order chi connectivity index (χ0) is 10.6. The van der Waals surface area contributed by atoms with Crippen LogP contribution >= 0.6 is 11.8 Å². The van der Waals surface area contributed by atoms with Crippen molar-refractivity contribution in [3.8, 4) is 0 Å². The summed E-state index contributed by atoms with van der Waals surface area (Å²) < 4.78 is 0. The summed E-state index contributed by atoms with van der Waals surface area (Å²) in [6, 6.07) is 2.39. The Kier molecular flexibility index (Phi) is 4.20. The third-order valence-corrected chi connectivity index (χ3v) is 2.61. The molecule has 1 aromatic heterocycles. The van der Waals surface area contributed by atoms with Gasteiger partial charge >= 0.3 is 0 Å². The second kappa shape index (κ2) is 5.20. The number of aryl methyl sites for hydroxylation is 2. The van der Waals surface area contributed by atoms with E-state index in [-0.39, 0.29) is 0 Å². The van der Waals surface area contributed by atoms with E-state index in [2.05, 4.69) is 28.5 Å². The molecule has 1 heterocycles. The molecular weight excluding hydrogens is 194 g/mol. The van der Waals surface area contributed by atoms with Crippen molar-refractivity contribution in [2.45, 2.75) is 26.8 Å². The summed E-state index contributed by atoms with van der Waals surface area (Å²) in [5.41, 5.74) is 2.02. The van der Waals surface area contributed by atoms with Gasteiger partial charge in [-0.2, -0.15) is 11.8 Å². The first-order valence-corrected chi connectivity index (χ1v) is 6.09. The Morgan fingerprint density at radius 3 is 2.43 bits per heavy atom. The van der Waals surface area contributed by atoms with Crippen LogP contribution in [0, 0.1) is 13.8 Å². The predicted molar refractivity (Wildman–Crippen MR) is 63.0 cm³/mol. The minimum atomic E-state index is 0.409. The van der Waals surface area contributed by atoms with E-state index >= 15 is 0 Å². The standard InChI is InChI=1S/C10H17N3S/c1-7-5-8(2)12-10(11-7)13-9(3)6-14-4/h5,9H,6H2,1-4H3,(H,11,12,13). The lowest BCUT2D eigenvalue weighted by atomic mass is 10.3. The van der Waals surface area contributed by atoms with Crippen LogP contribution in [-0.2, 0) is 0 Å². The van der Waals surface area contributed by atoms with E-state index in [1.165, 1.54) is 0 Å². The van der Waals surface area contributed by atoms with Gasteiger partial charge < -0.3 is 5.32 Å². The first kappa shape index (κ1) is 11.3. The lowest BCUT2D eigenvalue weighted by Gasteiger charge is -2.12. The van der Waals surface area contributed by atoms with Crippen LogP contribution in [0.1, 0.15) is 18.3 Å². The van der Waals surface area contributed by atoms with Crippen molar-refractivity contribution < 1.29 is 0 Å². The summed E-state index contributed by atoms with van der Waals surface area (Å²) in [7, 11) is 0. The first-order valence-electron chi connectivity index (χ1n) is 4.69. The number of aromatic nitrogens is 2. The highest BCUT2D eigenvalue weighted by molar-refractivity contribution is 7.98. The van der Waals surface area contributed by atoms with Gasteiger partial charge in [-0.25, -0.2) is 9.97 Å². The number of nitrogens with zero attached hydrogens (tertiary/aromatic N) is 2. The third-order valence-electron chi connectivity index (χ3n) is 1.77. The van der Waals surface area contributed by atoms with Crippen LogP contribution in [0.4, 0.5) is 5.95 Å². The smallest absolute Gasteiger partial charge is 0.223 e. The van der Waals surface area contributed by atoms with Crippen molar-refractivity contribution in [3.05, 3.63) is 17.5 Å². The molecule has 0 amide bonds. The molecule has 1 aromatic rings. The fraction of sp³-hybridized carbons (Fsp3) is 0.600. The Bertz CT molecular complexity index is 281. The van der Waals surface area contributed by atoms with Gasteiger partial charge in [-0.1, -0.05) is 0 Å². The van der Waals surface area contributed by atoms with E-state index in [1.807, 2.05) is 31.7 Å². The molecule has 0 aliphatic rings. The van der Waals surface area contributed by atoms with Crippen molar-refractivity contribution in [2.24, 2.45) is 0 Å². The van der Waals surface area contributed by atoms with Crippen LogP contribution in [0.2, 0.25) is 0 Å². The molecular formula is C10H17N3S. The predicted octanol–water partition coefficient (Wildman–Crippen LogP) is 2.26. The van der Waals surface area contributed by atoms with Crippen LogP contribution in [0.25, 0.3) is 0 Å². The Morgan fingerprint density at radius 2 is 1.93 bits per heavy atom. The second-order valence-corrected chi connectivity index (χ2v) is 4.39. The van der Waals surface area contributed by atoms with Crippen LogP contribution in [0.15, 0.2) is 6.07 Å². The minimum absolute atomic E-state index is 0.409. The summed E-state index contributed by atoms with van der Waals surface area (Å²) in [6.45, 7) is 6.11. The minimum Gasteiger partial charge on any atom is -0.351 e. The summed E-state index contributed by atoms with van der Waals surface area (Å²) in [5.74, 6) is 1.81. The largest absolute Gasteiger partial charge is 0.351 e. The molecule has 0 aliphatic carbocycles. The maximum absolute atomic E-state index is 4.32. The van der Waals surface area contributed by atoms with E-state index in [0.717, 1.165) is 23.1 Å². The molecule has 0 aromatic carbocycles. The highest BCUT2D eigenvalue weighted by Gasteiger charge is 2.03. The van der Waals surface area contributed by atoms with Gasteiger partial charge in [0.05, 0.1) is 0 Å². The topological polar surface area (TPSA) is 37.8 Å². The van der Waals surface area contributed by atoms with E-state index in [9.17, 15) is 0 Å². The average molecular weight is 211 g/mol. The molecule has 1 unspecified atom stereocenters. The van der Waals surface area contributed by atoms with Gasteiger partial charge in [-0.15, -0.1) is 0 Å². The van der Waals surface area contributed by atoms with E-state index < -0.39 is 0 Å². The second-order valence-electron chi connectivity index (χ2n) is 3.48. The number of hydrogen-bond donors (Lipinski definition) is 1. The van der Waals surface area contributed by atoms with E-state index in [0.29, 0.717) is 6.04 Å². The highest BCUT2D eigenvalue weighted by Crippen LogP contribution is 2.07. The van der Waals surface area contributed by atoms with Crippen molar-refractivity contribution >= 4 is 17.7 Å². The maximum Gasteiger partial charge on any atom is 0.223 e. The first-order chi connectivity index (χ1) is 6.61. The average Bonchev–Trinajstić information content (AvgIpc) is 2.01. The fourth-order valence-electron chi connectivity index (χ4n) is 1.30. The molecule has 0 spiro atoms. The summed E-state index contributed by atoms with van der Waals surface area (Å²) >= 11 is 1.82. The molecule has 14 heavy (non-hydrogen) atoms. The lowest BCUT2D eigenvalue weighted by molar-refractivity contribution is 0.878. The highest BCUT2D eigenvalue weighted by atomic mass is 32.2. The van der Waals surface area contributed by atoms with Crippen molar-refractivity contribution in [3.63, 3.8) is 0 Å². The Labute approximate surface area is 89.7 Å². The van der Waals surface area contributed by atoms with Crippen molar-refractivity contribution in [1.29, 1.82) is 0 Å². The van der Waals surface area contributed by atoms with Gasteiger partial charge in [0.1, 0.15) is 0 Å². The van der Waals surface area contributed by atoms with Gasteiger partial charge in [0.2, 0.25) is 5.95 Å². The molecule has 0 aliphatic heterocycles. The van der Waals surface area contributed by atoms with Crippen LogP contribution < -0.4 is 5.32 Å². The zero-order valence-electron chi connectivity index (χ0n) is 9.16. The number of thioether (sulfide) groups is 1. The summed E-state index contributed by atoms with van der Waals surface area (Å²) in [4.78, 5) is 8.65. The van der Waals surface area contributed by atoms with Crippen molar-refractivity contribution in [2.75, 3.05) is 17.3 Å². The zero-order valence-corrected chi connectivity index (χ0v) is 9.98. The normalized spacial score (nSPS) is 12.6. The molecule has 3 nitrogen and oxygen atoms in total. The Hall–Kier alpha value is -0.770. The Morgan fingerprint density at radius 1 is 1.36 bits per heavy atom. The number of hydrogen-bond acceptors (Lipinski definition) is 4. The van der Waals surface area contributed by atoms with Gasteiger partial charge in [0.15, 0.2) is 0 Å². The molecule has 0 radical (unpaired) electrons. The number of rotatable bonds is 4. The quantitative estimate of drug-likeness (QED) is 0.829. The monoisotopic (exact) mass is 211 g/mol. The SMILES string of the molecule is CSCC(C)Nc1nc(C)cc(C)n1. The lowest BCUT2D eigenvalue weighted by Crippen LogP contribution is -2.19. The molecule has 0 fully saturated rings. The molecule has 0 saturated carbocycles. The van der Waals surface area contributed by atoms with Gasteiger partial charge in [-0.3, -0.25) is 0 Å². The van der Waals surface area contributed by atoms with Gasteiger partial charge in [0.25, 0.3) is 0 Å². The van der Waals surface area contributed by atoms with Crippen LogP contribution in [0.3, 0.4) is 0 Å². The molecule has 1 rings (SSSR count).